The number of carbonyl (C=O) groups is 1. The van der Waals surface area contributed by atoms with E-state index in [2.05, 4.69) is 46.8 Å². The molecule has 0 unspecified atom stereocenters. The highest BCUT2D eigenvalue weighted by molar-refractivity contribution is 7.99. The van der Waals surface area contributed by atoms with Crippen LogP contribution in [-0.2, 0) is 16.1 Å². The zero-order chi connectivity index (χ0) is 16.7. The van der Waals surface area contributed by atoms with Gasteiger partial charge in [0.05, 0.1) is 6.61 Å². The summed E-state index contributed by atoms with van der Waals surface area (Å²) >= 11 is 1.63. The molecular weight excluding hydrogens is 310 g/mol. The van der Waals surface area contributed by atoms with Gasteiger partial charge in [-0.2, -0.15) is 0 Å². The molecule has 0 aliphatic rings. The van der Waals surface area contributed by atoms with Crippen molar-refractivity contribution in [1.29, 1.82) is 0 Å². The third kappa shape index (κ3) is 4.82. The summed E-state index contributed by atoms with van der Waals surface area (Å²) in [6.45, 7) is 7.24. The number of hydrogen-bond acceptors (Lipinski definition) is 5. The van der Waals surface area contributed by atoms with Gasteiger partial charge in [0.15, 0.2) is 11.0 Å². The van der Waals surface area contributed by atoms with E-state index in [1.54, 1.807) is 11.8 Å². The summed E-state index contributed by atoms with van der Waals surface area (Å²) < 4.78 is 7.05. The van der Waals surface area contributed by atoms with Crippen LogP contribution in [0.15, 0.2) is 29.4 Å². The monoisotopic (exact) mass is 333 g/mol. The van der Waals surface area contributed by atoms with Crippen molar-refractivity contribution in [2.75, 3.05) is 12.4 Å². The normalized spacial score (nSPS) is 10.7. The van der Waals surface area contributed by atoms with Crippen LogP contribution in [0.4, 0.5) is 0 Å². The average molecular weight is 333 g/mol. The summed E-state index contributed by atoms with van der Waals surface area (Å²) in [6, 6.07) is 8.27. The summed E-state index contributed by atoms with van der Waals surface area (Å²) in [5, 5.41) is 9.54. The number of esters is 1. The van der Waals surface area contributed by atoms with E-state index in [4.69, 9.17) is 4.74 Å². The average Bonchev–Trinajstić information content (AvgIpc) is 2.94. The molecule has 2 aromatic rings. The van der Waals surface area contributed by atoms with Crippen molar-refractivity contribution in [3.63, 3.8) is 0 Å². The lowest BCUT2D eigenvalue weighted by Gasteiger charge is -2.07. The number of aromatic nitrogens is 3. The van der Waals surface area contributed by atoms with Gasteiger partial charge in [-0.15, -0.1) is 10.2 Å². The zero-order valence-electron chi connectivity index (χ0n) is 13.9. The van der Waals surface area contributed by atoms with Gasteiger partial charge in [0, 0.05) is 24.3 Å². The highest BCUT2D eigenvalue weighted by atomic mass is 32.2. The van der Waals surface area contributed by atoms with E-state index >= 15 is 0 Å². The van der Waals surface area contributed by atoms with E-state index in [9.17, 15) is 4.79 Å². The first-order valence-corrected chi connectivity index (χ1v) is 8.93. The number of aryl methyl sites for hydroxylation is 1. The number of thioether (sulfide) groups is 1. The Morgan fingerprint density at radius 2 is 2.13 bits per heavy atom. The van der Waals surface area contributed by atoms with Crippen LogP contribution in [0.3, 0.4) is 0 Å². The molecular formula is C17H23N3O2S. The first-order chi connectivity index (χ1) is 11.2. The number of carbonyl (C=O) groups excluding carboxylic acids is 1. The molecule has 2 rings (SSSR count). The van der Waals surface area contributed by atoms with Crippen molar-refractivity contribution in [3.8, 4) is 11.4 Å². The van der Waals surface area contributed by atoms with Crippen LogP contribution in [0.2, 0.25) is 0 Å². The molecule has 0 atom stereocenters. The standard InChI is InChI=1S/C17H23N3O2S/c1-4-20-16(14-9-6-8-13(3)12-14)18-19-17(20)23-11-7-10-15(21)22-5-2/h6,8-9,12H,4-5,7,10-11H2,1-3H3. The number of hydrogen-bond donors (Lipinski definition) is 0. The van der Waals surface area contributed by atoms with Crippen molar-refractivity contribution < 1.29 is 9.53 Å². The van der Waals surface area contributed by atoms with E-state index in [-0.39, 0.29) is 5.97 Å². The third-order valence-corrected chi connectivity index (χ3v) is 4.42. The summed E-state index contributed by atoms with van der Waals surface area (Å²) in [6.07, 6.45) is 1.23. The fourth-order valence-corrected chi connectivity index (χ4v) is 3.23. The molecule has 1 aromatic carbocycles. The van der Waals surface area contributed by atoms with Crippen LogP contribution in [0, 0.1) is 6.92 Å². The van der Waals surface area contributed by atoms with Gasteiger partial charge in [0.25, 0.3) is 0 Å². The van der Waals surface area contributed by atoms with Gasteiger partial charge in [0.2, 0.25) is 0 Å². The predicted octanol–water partition coefficient (Wildman–Crippen LogP) is 3.71. The van der Waals surface area contributed by atoms with Gasteiger partial charge in [-0.05, 0) is 33.3 Å². The topological polar surface area (TPSA) is 57.0 Å². The fraction of sp³-hybridized carbons (Fsp3) is 0.471. The lowest BCUT2D eigenvalue weighted by Crippen LogP contribution is -2.04. The minimum absolute atomic E-state index is 0.134. The van der Waals surface area contributed by atoms with Crippen LogP contribution in [0.25, 0.3) is 11.4 Å². The Bertz CT molecular complexity index is 655. The van der Waals surface area contributed by atoms with Crippen LogP contribution >= 0.6 is 11.8 Å². The number of ether oxygens (including phenoxy) is 1. The van der Waals surface area contributed by atoms with E-state index < -0.39 is 0 Å². The van der Waals surface area contributed by atoms with Crippen molar-refractivity contribution in [2.45, 2.75) is 45.3 Å². The number of benzene rings is 1. The molecule has 0 aliphatic heterocycles. The Morgan fingerprint density at radius 1 is 1.30 bits per heavy atom. The highest BCUT2D eigenvalue weighted by Gasteiger charge is 2.13. The highest BCUT2D eigenvalue weighted by Crippen LogP contribution is 2.25. The molecule has 5 nitrogen and oxygen atoms in total. The maximum atomic E-state index is 11.3. The zero-order valence-corrected chi connectivity index (χ0v) is 14.7. The fourth-order valence-electron chi connectivity index (χ4n) is 2.29. The second-order valence-corrected chi connectivity index (χ2v) is 6.24. The Kier molecular flexibility index (Phi) is 6.65. The van der Waals surface area contributed by atoms with E-state index in [0.29, 0.717) is 13.0 Å². The first-order valence-electron chi connectivity index (χ1n) is 7.94. The van der Waals surface area contributed by atoms with E-state index in [0.717, 1.165) is 35.3 Å². The SMILES string of the molecule is CCOC(=O)CCCSc1nnc(-c2cccc(C)c2)n1CC. The maximum Gasteiger partial charge on any atom is 0.305 e. The Labute approximate surface area is 141 Å². The molecule has 0 fully saturated rings. The molecule has 23 heavy (non-hydrogen) atoms. The molecule has 0 aliphatic carbocycles. The second-order valence-electron chi connectivity index (χ2n) is 5.18. The third-order valence-electron chi connectivity index (χ3n) is 3.37. The van der Waals surface area contributed by atoms with Crippen LogP contribution < -0.4 is 0 Å². The molecule has 1 heterocycles. The molecule has 0 bridgehead atoms. The van der Waals surface area contributed by atoms with Gasteiger partial charge in [-0.1, -0.05) is 35.5 Å². The van der Waals surface area contributed by atoms with Crippen LogP contribution in [-0.4, -0.2) is 33.1 Å². The molecule has 0 amide bonds. The van der Waals surface area contributed by atoms with Crippen LogP contribution in [0.5, 0.6) is 0 Å². The largest absolute Gasteiger partial charge is 0.466 e. The summed E-state index contributed by atoms with van der Waals surface area (Å²) in [7, 11) is 0. The molecule has 0 saturated carbocycles. The van der Waals surface area contributed by atoms with Gasteiger partial charge >= 0.3 is 5.97 Å². The van der Waals surface area contributed by atoms with Gasteiger partial charge < -0.3 is 9.30 Å². The molecule has 0 saturated heterocycles. The smallest absolute Gasteiger partial charge is 0.305 e. The summed E-state index contributed by atoms with van der Waals surface area (Å²) in [5.41, 5.74) is 2.29. The minimum atomic E-state index is -0.134. The van der Waals surface area contributed by atoms with Gasteiger partial charge in [0.1, 0.15) is 0 Å². The molecule has 0 N–H and O–H groups in total. The second kappa shape index (κ2) is 8.72. The lowest BCUT2D eigenvalue weighted by molar-refractivity contribution is -0.143. The lowest BCUT2D eigenvalue weighted by atomic mass is 10.1. The Morgan fingerprint density at radius 3 is 2.83 bits per heavy atom. The van der Waals surface area contributed by atoms with Crippen molar-refractivity contribution in [2.24, 2.45) is 0 Å². The Hall–Kier alpha value is -1.82. The van der Waals surface area contributed by atoms with Crippen molar-refractivity contribution in [1.82, 2.24) is 14.8 Å². The van der Waals surface area contributed by atoms with Crippen molar-refractivity contribution >= 4 is 17.7 Å². The van der Waals surface area contributed by atoms with E-state index in [1.165, 1.54) is 5.56 Å². The quantitative estimate of drug-likeness (QED) is 0.419. The van der Waals surface area contributed by atoms with E-state index in [1.807, 2.05) is 13.0 Å². The summed E-state index contributed by atoms with van der Waals surface area (Å²) in [5.74, 6) is 1.58. The Balaban J connectivity index is 2.00. The van der Waals surface area contributed by atoms with Gasteiger partial charge in [-0.3, -0.25) is 4.79 Å². The van der Waals surface area contributed by atoms with Crippen LogP contribution in [0.1, 0.15) is 32.3 Å². The van der Waals surface area contributed by atoms with Gasteiger partial charge in [-0.25, -0.2) is 0 Å². The van der Waals surface area contributed by atoms with Crippen molar-refractivity contribution in [3.05, 3.63) is 29.8 Å². The molecule has 6 heteroatoms. The maximum absolute atomic E-state index is 11.3. The molecule has 124 valence electrons. The molecule has 0 radical (unpaired) electrons. The molecule has 0 spiro atoms. The summed E-state index contributed by atoms with van der Waals surface area (Å²) in [4.78, 5) is 11.3. The molecule has 1 aromatic heterocycles. The predicted molar refractivity (Wildman–Crippen MR) is 92.5 cm³/mol. The minimum Gasteiger partial charge on any atom is -0.466 e. The number of rotatable bonds is 8. The first kappa shape index (κ1) is 17.5. The number of nitrogens with zero attached hydrogens (tertiary/aromatic N) is 3.